The van der Waals surface area contributed by atoms with Crippen molar-refractivity contribution >= 4 is 44.4 Å². The molecule has 262 valence electrons. The molecule has 1 saturated heterocycles. The Balaban J connectivity index is 1.37. The number of amides is 1. The molecule has 1 aliphatic heterocycles. The molecule has 0 aliphatic carbocycles. The van der Waals surface area contributed by atoms with Crippen LogP contribution in [0, 0.1) is 11.7 Å². The quantitative estimate of drug-likeness (QED) is 0.158. The van der Waals surface area contributed by atoms with Gasteiger partial charge in [0.05, 0.1) is 32.3 Å². The number of aromatic nitrogens is 2. The third-order valence-electron chi connectivity index (χ3n) is 8.00. The summed E-state index contributed by atoms with van der Waals surface area (Å²) in [6.07, 6.45) is 1.45. The summed E-state index contributed by atoms with van der Waals surface area (Å²) in [4.78, 5) is 18.4. The number of halogens is 2. The normalized spacial score (nSPS) is 16.6. The molecule has 0 N–H and O–H groups in total. The largest absolute Gasteiger partial charge is 0.497 e. The molecule has 2 atom stereocenters. The van der Waals surface area contributed by atoms with E-state index >= 15 is 4.39 Å². The predicted octanol–water partition coefficient (Wildman–Crippen LogP) is 7.16. The second kappa shape index (κ2) is 15.2. The molecule has 2 heterocycles. The first kappa shape index (κ1) is 36.1. The van der Waals surface area contributed by atoms with Crippen LogP contribution < -0.4 is 18.5 Å². The summed E-state index contributed by atoms with van der Waals surface area (Å²) < 4.78 is 71.0. The van der Waals surface area contributed by atoms with Gasteiger partial charge in [-0.1, -0.05) is 23.7 Å². The van der Waals surface area contributed by atoms with Gasteiger partial charge < -0.3 is 23.8 Å². The van der Waals surface area contributed by atoms with Crippen LogP contribution >= 0.6 is 23.1 Å². The van der Waals surface area contributed by atoms with Crippen molar-refractivity contribution in [3.05, 3.63) is 89.0 Å². The Morgan fingerprint density at radius 1 is 1.06 bits per heavy atom. The lowest BCUT2D eigenvalue weighted by molar-refractivity contribution is 0.0110. The number of rotatable bonds is 11. The van der Waals surface area contributed by atoms with Gasteiger partial charge >= 0.3 is 6.09 Å². The minimum Gasteiger partial charge on any atom is -0.497 e. The van der Waals surface area contributed by atoms with Crippen molar-refractivity contribution in [2.24, 2.45) is 5.92 Å². The van der Waals surface area contributed by atoms with Gasteiger partial charge in [0.25, 0.3) is 10.0 Å². The van der Waals surface area contributed by atoms with Crippen molar-refractivity contribution in [1.29, 1.82) is 0 Å². The van der Waals surface area contributed by atoms with Crippen LogP contribution in [0.4, 0.5) is 14.3 Å². The topological polar surface area (TPSA) is 120 Å². The fourth-order valence-electron chi connectivity index (χ4n) is 5.60. The molecule has 1 unspecified atom stereocenters. The van der Waals surface area contributed by atoms with E-state index in [0.717, 1.165) is 27.5 Å². The van der Waals surface area contributed by atoms with Gasteiger partial charge in [-0.25, -0.2) is 26.9 Å². The molecule has 5 rings (SSSR count). The molecule has 49 heavy (non-hydrogen) atoms. The molecule has 0 radical (unpaired) electrons. The lowest BCUT2D eigenvalue weighted by atomic mass is 9.81. The summed E-state index contributed by atoms with van der Waals surface area (Å²) >= 11 is 7.02. The van der Waals surface area contributed by atoms with Crippen molar-refractivity contribution in [3.8, 4) is 17.2 Å². The molecule has 1 aromatic heterocycles. The van der Waals surface area contributed by atoms with Crippen molar-refractivity contribution in [2.75, 3.05) is 38.2 Å². The van der Waals surface area contributed by atoms with Crippen LogP contribution in [0.1, 0.15) is 44.2 Å². The highest BCUT2D eigenvalue weighted by atomic mass is 35.5. The van der Waals surface area contributed by atoms with E-state index in [1.165, 1.54) is 32.7 Å². The zero-order chi connectivity index (χ0) is 35.3. The van der Waals surface area contributed by atoms with Gasteiger partial charge in [0.1, 0.15) is 23.4 Å². The van der Waals surface area contributed by atoms with Crippen LogP contribution in [0.5, 0.6) is 17.2 Å². The molecule has 3 aromatic carbocycles. The van der Waals surface area contributed by atoms with Crippen molar-refractivity contribution in [3.63, 3.8) is 0 Å². The predicted molar refractivity (Wildman–Crippen MR) is 185 cm³/mol. The standard InChI is InChI=1S/C34H38ClFN4O7S2/c1-34(2,3)47-33(41)39-15-14-28(22-6-9-25(35)10-7-22)24(18-39)20-46-30-13-12-27(17-29(30)36)49(42,43)40(32-37-21-38-48-32)19-23-8-11-26(44-4)16-31(23)45-5/h6-13,16-17,21,24,28H,14-15,18-20H2,1-5H3/t24-,28?/m0/s1. The molecule has 1 amide bonds. The third kappa shape index (κ3) is 8.72. The van der Waals surface area contributed by atoms with Crippen molar-refractivity contribution < 1.29 is 36.6 Å². The highest BCUT2D eigenvalue weighted by molar-refractivity contribution is 7.93. The molecular weight excluding hydrogens is 695 g/mol. The van der Waals surface area contributed by atoms with Crippen LogP contribution in [0.3, 0.4) is 0 Å². The Hall–Kier alpha value is -4.14. The fraction of sp³-hybridized carbons (Fsp3) is 0.382. The minimum absolute atomic E-state index is 0.00549. The smallest absolute Gasteiger partial charge is 0.410 e. The fourth-order valence-corrected chi connectivity index (χ4v) is 7.86. The Kier molecular flexibility index (Phi) is 11.2. The molecule has 0 spiro atoms. The number of benzene rings is 3. The molecule has 11 nitrogen and oxygen atoms in total. The Labute approximate surface area is 294 Å². The number of methoxy groups -OCH3 is 2. The zero-order valence-corrected chi connectivity index (χ0v) is 30.1. The number of anilines is 1. The van der Waals surface area contributed by atoms with Crippen LogP contribution in [0.2, 0.25) is 5.02 Å². The van der Waals surface area contributed by atoms with Gasteiger partial charge in [0, 0.05) is 47.2 Å². The third-order valence-corrected chi connectivity index (χ3v) is 10.8. The summed E-state index contributed by atoms with van der Waals surface area (Å²) in [5, 5.41) is 0.700. The van der Waals surface area contributed by atoms with E-state index < -0.39 is 27.5 Å². The average molecular weight is 733 g/mol. The van der Waals surface area contributed by atoms with Gasteiger partial charge in [-0.15, -0.1) is 0 Å². The van der Waals surface area contributed by atoms with Crippen LogP contribution in [0.25, 0.3) is 0 Å². The van der Waals surface area contributed by atoms with Crippen molar-refractivity contribution in [2.45, 2.75) is 50.2 Å². The average Bonchev–Trinajstić information content (AvgIpc) is 3.60. The van der Waals surface area contributed by atoms with Crippen LogP contribution in [-0.2, 0) is 21.3 Å². The Bertz CT molecular complexity index is 1860. The highest BCUT2D eigenvalue weighted by Gasteiger charge is 2.35. The second-order valence-electron chi connectivity index (χ2n) is 12.4. The molecule has 0 saturated carbocycles. The maximum atomic E-state index is 15.7. The minimum atomic E-state index is -4.33. The Morgan fingerprint density at radius 3 is 2.45 bits per heavy atom. The van der Waals surface area contributed by atoms with Gasteiger partial charge in [0.15, 0.2) is 11.6 Å². The number of sulfonamides is 1. The molecule has 1 aliphatic rings. The van der Waals surface area contributed by atoms with E-state index in [1.54, 1.807) is 23.1 Å². The van der Waals surface area contributed by atoms with Gasteiger partial charge in [-0.2, -0.15) is 4.37 Å². The number of hydrogen-bond donors (Lipinski definition) is 0. The number of hydrogen-bond acceptors (Lipinski definition) is 10. The summed E-state index contributed by atoms with van der Waals surface area (Å²) in [6.45, 7) is 6.12. The molecule has 15 heteroatoms. The number of likely N-dealkylation sites (tertiary alicyclic amines) is 1. The van der Waals surface area contributed by atoms with Crippen molar-refractivity contribution in [1.82, 2.24) is 14.3 Å². The maximum Gasteiger partial charge on any atom is 0.410 e. The summed E-state index contributed by atoms with van der Waals surface area (Å²) in [6, 6.07) is 16.0. The molecule has 1 fully saturated rings. The van der Waals surface area contributed by atoms with Crippen LogP contribution in [0.15, 0.2) is 71.9 Å². The van der Waals surface area contributed by atoms with Gasteiger partial charge in [-0.3, -0.25) is 0 Å². The molecule has 4 aromatic rings. The Morgan fingerprint density at radius 2 is 1.82 bits per heavy atom. The zero-order valence-electron chi connectivity index (χ0n) is 27.8. The van der Waals surface area contributed by atoms with Gasteiger partial charge in [0.2, 0.25) is 5.13 Å². The maximum absolute atomic E-state index is 15.7. The van der Waals surface area contributed by atoms with E-state index in [9.17, 15) is 13.2 Å². The lowest BCUT2D eigenvalue weighted by Gasteiger charge is -2.39. The number of carbonyl (C=O) groups excluding carboxylic acids is 1. The van der Waals surface area contributed by atoms with E-state index in [0.29, 0.717) is 41.6 Å². The van der Waals surface area contributed by atoms with Crippen LogP contribution in [-0.4, -0.2) is 68.3 Å². The first-order chi connectivity index (χ1) is 23.3. The van der Waals surface area contributed by atoms with E-state index in [2.05, 4.69) is 9.36 Å². The number of piperidine rings is 1. The summed E-state index contributed by atoms with van der Waals surface area (Å²) in [7, 11) is -1.35. The summed E-state index contributed by atoms with van der Waals surface area (Å²) in [5.41, 5.74) is 0.896. The number of carbonyl (C=O) groups is 1. The highest BCUT2D eigenvalue weighted by Crippen LogP contribution is 2.36. The van der Waals surface area contributed by atoms with E-state index in [4.69, 9.17) is 30.5 Å². The molecular formula is C34H38ClFN4O7S2. The number of nitrogens with zero attached hydrogens (tertiary/aromatic N) is 4. The number of ether oxygens (including phenoxy) is 4. The molecule has 0 bridgehead atoms. The lowest BCUT2D eigenvalue weighted by Crippen LogP contribution is -2.46. The summed E-state index contributed by atoms with van der Waals surface area (Å²) in [5.74, 6) is -0.268. The van der Waals surface area contributed by atoms with E-state index in [1.807, 2.05) is 45.0 Å². The first-order valence-corrected chi connectivity index (χ1v) is 18.0. The second-order valence-corrected chi connectivity index (χ2v) is 15.5. The van der Waals surface area contributed by atoms with E-state index in [-0.39, 0.29) is 40.8 Å². The SMILES string of the molecule is COc1ccc(CN(c2ncns2)S(=O)(=O)c2ccc(OC[C@@H]3CN(C(=O)OC(C)(C)C)CCC3c3ccc(Cl)cc3)c(F)c2)c(OC)c1. The van der Waals surface area contributed by atoms with Gasteiger partial charge in [-0.05, 0) is 81.1 Å². The first-order valence-electron chi connectivity index (χ1n) is 15.4. The monoisotopic (exact) mass is 732 g/mol.